The Morgan fingerprint density at radius 3 is 2.25 bits per heavy atom. The van der Waals surface area contributed by atoms with Crippen LogP contribution in [0.3, 0.4) is 0 Å². The zero-order valence-electron chi connectivity index (χ0n) is 8.69. The average molecular weight is 373 g/mol. The first-order chi connectivity index (χ1) is 7.27. The highest BCUT2D eigenvalue weighted by Gasteiger charge is 2.27. The summed E-state index contributed by atoms with van der Waals surface area (Å²) in [5, 5.41) is 0. The van der Waals surface area contributed by atoms with Crippen molar-refractivity contribution in [1.82, 2.24) is 4.72 Å². The summed E-state index contributed by atoms with van der Waals surface area (Å²) in [5.41, 5.74) is 0. The van der Waals surface area contributed by atoms with Crippen LogP contribution in [0.2, 0.25) is 0 Å². The van der Waals surface area contributed by atoms with Crippen molar-refractivity contribution >= 4 is 32.6 Å². The molecule has 3 nitrogen and oxygen atoms in total. The number of hydrogen-bond acceptors (Lipinski definition) is 2. The van der Waals surface area contributed by atoms with Gasteiger partial charge in [0, 0.05) is 13.0 Å². The fourth-order valence-electron chi connectivity index (χ4n) is 0.982. The third-order valence-corrected chi connectivity index (χ3v) is 3.99. The fourth-order valence-corrected chi connectivity index (χ4v) is 2.65. The van der Waals surface area contributed by atoms with Gasteiger partial charge in [0.05, 0.1) is 5.75 Å². The van der Waals surface area contributed by atoms with Crippen LogP contribution in [0.5, 0.6) is 0 Å². The molecule has 0 heterocycles. The molecule has 0 aromatic rings. The Labute approximate surface area is 107 Å². The number of rotatable bonds is 8. The molecule has 0 amide bonds. The van der Waals surface area contributed by atoms with E-state index in [1.807, 2.05) is 0 Å². The number of halogens is 4. The lowest BCUT2D eigenvalue weighted by atomic mass is 10.3. The van der Waals surface area contributed by atoms with Crippen LogP contribution in [0, 0.1) is 0 Å². The first-order valence-corrected chi connectivity index (χ1v) is 8.05. The molecule has 0 rings (SSSR count). The predicted octanol–water partition coefficient (Wildman–Crippen LogP) is 2.46. The molecule has 0 unspecified atom stereocenters. The Kier molecular flexibility index (Phi) is 7.90. The highest BCUT2D eigenvalue weighted by molar-refractivity contribution is 14.1. The summed E-state index contributed by atoms with van der Waals surface area (Å²) >= 11 is 2.18. The van der Waals surface area contributed by atoms with E-state index in [4.69, 9.17) is 0 Å². The molecule has 0 aliphatic heterocycles. The quantitative estimate of drug-likeness (QED) is 0.404. The molecule has 0 bridgehead atoms. The van der Waals surface area contributed by atoms with E-state index in [2.05, 4.69) is 27.3 Å². The van der Waals surface area contributed by atoms with E-state index in [0.29, 0.717) is 13.0 Å². The van der Waals surface area contributed by atoms with Gasteiger partial charge in [0.2, 0.25) is 10.0 Å². The van der Waals surface area contributed by atoms with Crippen molar-refractivity contribution in [2.45, 2.75) is 31.9 Å². The molecule has 0 atom stereocenters. The number of nitrogens with one attached hydrogen (secondary N) is 1. The zero-order chi connectivity index (χ0) is 12.7. The monoisotopic (exact) mass is 373 g/mol. The third-order valence-electron chi connectivity index (χ3n) is 1.76. The summed E-state index contributed by atoms with van der Waals surface area (Å²) in [6.45, 7) is 0.303. The van der Waals surface area contributed by atoms with Crippen LogP contribution >= 0.6 is 22.6 Å². The lowest BCUT2D eigenvalue weighted by Crippen LogP contribution is -2.28. The molecule has 0 aliphatic rings. The van der Waals surface area contributed by atoms with E-state index in [1.54, 1.807) is 0 Å². The molecule has 8 heteroatoms. The molecular weight excluding hydrogens is 358 g/mol. The van der Waals surface area contributed by atoms with E-state index >= 15 is 0 Å². The van der Waals surface area contributed by atoms with Crippen molar-refractivity contribution < 1.29 is 21.6 Å². The van der Waals surface area contributed by atoms with E-state index in [9.17, 15) is 21.6 Å². The Bertz CT molecular complexity index is 279. The first-order valence-electron chi connectivity index (χ1n) is 4.87. The van der Waals surface area contributed by atoms with Crippen molar-refractivity contribution in [1.29, 1.82) is 0 Å². The Morgan fingerprint density at radius 1 is 1.12 bits per heavy atom. The minimum absolute atomic E-state index is 0.303. The molecule has 98 valence electrons. The van der Waals surface area contributed by atoms with Gasteiger partial charge in [-0.1, -0.05) is 22.6 Å². The van der Waals surface area contributed by atoms with Gasteiger partial charge in [0.1, 0.15) is 0 Å². The third kappa shape index (κ3) is 10.9. The van der Waals surface area contributed by atoms with Gasteiger partial charge in [-0.25, -0.2) is 13.1 Å². The van der Waals surface area contributed by atoms with Crippen LogP contribution in [0.15, 0.2) is 0 Å². The highest BCUT2D eigenvalue weighted by Crippen LogP contribution is 2.21. The Morgan fingerprint density at radius 2 is 1.75 bits per heavy atom. The van der Waals surface area contributed by atoms with Gasteiger partial charge in [-0.15, -0.1) is 0 Å². The van der Waals surface area contributed by atoms with Crippen LogP contribution in [0.1, 0.15) is 25.7 Å². The second-order valence-electron chi connectivity index (χ2n) is 3.33. The van der Waals surface area contributed by atoms with Crippen molar-refractivity contribution in [3.8, 4) is 0 Å². The van der Waals surface area contributed by atoms with Crippen LogP contribution in [0.25, 0.3) is 0 Å². The maximum atomic E-state index is 11.8. The Hall–Kier alpha value is 0.430. The fraction of sp³-hybridized carbons (Fsp3) is 1.00. The molecule has 0 aromatic heterocycles. The van der Waals surface area contributed by atoms with Crippen LogP contribution < -0.4 is 4.72 Å². The van der Waals surface area contributed by atoms with Crippen molar-refractivity contribution in [2.24, 2.45) is 0 Å². The molecule has 0 aromatic carbocycles. The number of unbranched alkanes of at least 4 members (excludes halogenated alkanes) is 1. The largest absolute Gasteiger partial charge is 0.389 e. The molecular formula is C8H15F3INO2S. The summed E-state index contributed by atoms with van der Waals surface area (Å²) < 4.78 is 60.9. The molecule has 0 spiro atoms. The number of alkyl halides is 4. The lowest BCUT2D eigenvalue weighted by molar-refractivity contribution is -0.134. The maximum Gasteiger partial charge on any atom is 0.389 e. The summed E-state index contributed by atoms with van der Waals surface area (Å²) in [5.74, 6) is -0.462. The minimum Gasteiger partial charge on any atom is -0.215 e. The van der Waals surface area contributed by atoms with Gasteiger partial charge in [-0.2, -0.15) is 13.2 Å². The predicted molar refractivity (Wildman–Crippen MR) is 65.2 cm³/mol. The van der Waals surface area contributed by atoms with Crippen LogP contribution in [-0.4, -0.2) is 31.3 Å². The first kappa shape index (κ1) is 16.4. The number of sulfonamides is 1. The molecule has 0 saturated carbocycles. The summed E-state index contributed by atoms with van der Waals surface area (Å²) in [4.78, 5) is 0. The van der Waals surface area contributed by atoms with Gasteiger partial charge < -0.3 is 0 Å². The standard InChI is InChI=1S/C8H15F3INO2S/c9-8(10,11)4-3-7-16(14,15)13-6-2-1-5-12/h13H,1-7H2. The molecule has 1 N–H and O–H groups in total. The zero-order valence-corrected chi connectivity index (χ0v) is 11.7. The maximum absolute atomic E-state index is 11.8. The van der Waals surface area contributed by atoms with Gasteiger partial charge in [0.25, 0.3) is 0 Å². The van der Waals surface area contributed by atoms with Gasteiger partial charge >= 0.3 is 6.18 Å². The van der Waals surface area contributed by atoms with E-state index in [-0.39, 0.29) is 6.42 Å². The van der Waals surface area contributed by atoms with Gasteiger partial charge in [-0.3, -0.25) is 0 Å². The highest BCUT2D eigenvalue weighted by atomic mass is 127. The Balaban J connectivity index is 3.71. The van der Waals surface area contributed by atoms with Crippen LogP contribution in [0.4, 0.5) is 13.2 Å². The lowest BCUT2D eigenvalue weighted by Gasteiger charge is -2.07. The van der Waals surface area contributed by atoms with E-state index in [1.165, 1.54) is 0 Å². The van der Waals surface area contributed by atoms with E-state index < -0.39 is 28.4 Å². The summed E-state index contributed by atoms with van der Waals surface area (Å²) in [6.07, 6.45) is -4.11. The topological polar surface area (TPSA) is 46.2 Å². The normalized spacial score (nSPS) is 13.0. The average Bonchev–Trinajstić information content (AvgIpc) is 2.10. The van der Waals surface area contributed by atoms with E-state index in [0.717, 1.165) is 10.8 Å². The molecule has 16 heavy (non-hydrogen) atoms. The van der Waals surface area contributed by atoms with Crippen LogP contribution in [-0.2, 0) is 10.0 Å². The molecule has 0 aliphatic carbocycles. The smallest absolute Gasteiger partial charge is 0.215 e. The summed E-state index contributed by atoms with van der Waals surface area (Å²) in [6, 6.07) is 0. The van der Waals surface area contributed by atoms with Crippen molar-refractivity contribution in [2.75, 3.05) is 16.7 Å². The minimum atomic E-state index is -4.28. The molecule has 0 fully saturated rings. The van der Waals surface area contributed by atoms with Gasteiger partial charge in [0.15, 0.2) is 0 Å². The van der Waals surface area contributed by atoms with Gasteiger partial charge in [-0.05, 0) is 23.7 Å². The SMILES string of the molecule is O=S(=O)(CCCC(F)(F)F)NCCCCI. The van der Waals surface area contributed by atoms with Crippen molar-refractivity contribution in [3.63, 3.8) is 0 Å². The van der Waals surface area contributed by atoms with Crippen molar-refractivity contribution in [3.05, 3.63) is 0 Å². The second kappa shape index (κ2) is 7.70. The number of hydrogen-bond donors (Lipinski definition) is 1. The summed E-state index contributed by atoms with van der Waals surface area (Å²) in [7, 11) is -3.54. The second-order valence-corrected chi connectivity index (χ2v) is 6.33. The molecule has 0 saturated heterocycles. The molecule has 0 radical (unpaired) electrons.